The second-order valence-corrected chi connectivity index (χ2v) is 8.27. The second kappa shape index (κ2) is 19.9. The van der Waals surface area contributed by atoms with Crippen LogP contribution in [0, 0.1) is 5.92 Å². The number of carbonyl (C=O) groups is 2. The molecule has 27 heavy (non-hydrogen) atoms. The van der Waals surface area contributed by atoms with Crippen LogP contribution >= 0.6 is 0 Å². The normalized spacial score (nSPS) is 12.2. The summed E-state index contributed by atoms with van der Waals surface area (Å²) in [6.45, 7) is 4.24. The topological polar surface area (TPSA) is 54.4 Å². The van der Waals surface area contributed by atoms with Gasteiger partial charge in [-0.05, 0) is 12.8 Å². The van der Waals surface area contributed by atoms with Gasteiger partial charge in [0.05, 0.1) is 5.92 Å². The van der Waals surface area contributed by atoms with Gasteiger partial charge in [0.25, 0.3) is 0 Å². The summed E-state index contributed by atoms with van der Waals surface area (Å²) in [5, 5.41) is 9.10. The van der Waals surface area contributed by atoms with Gasteiger partial charge in [-0.1, -0.05) is 110 Å². The van der Waals surface area contributed by atoms with Crippen LogP contribution in [-0.4, -0.2) is 16.9 Å². The molecule has 160 valence electrons. The highest BCUT2D eigenvalue weighted by molar-refractivity contribution is 5.83. The van der Waals surface area contributed by atoms with Crippen molar-refractivity contribution >= 4 is 11.8 Å². The molecule has 0 aromatic heterocycles. The predicted octanol–water partition coefficient (Wildman–Crippen LogP) is 7.71. The van der Waals surface area contributed by atoms with Gasteiger partial charge < -0.3 is 5.11 Å². The minimum absolute atomic E-state index is 0.130. The summed E-state index contributed by atoms with van der Waals surface area (Å²) in [6, 6.07) is 0. The highest BCUT2D eigenvalue weighted by Gasteiger charge is 2.19. The molecule has 3 nitrogen and oxygen atoms in total. The van der Waals surface area contributed by atoms with Crippen molar-refractivity contribution in [3.8, 4) is 0 Å². The van der Waals surface area contributed by atoms with E-state index in [1.807, 2.05) is 6.92 Å². The molecule has 0 aromatic carbocycles. The van der Waals surface area contributed by atoms with E-state index < -0.39 is 11.9 Å². The number of ketones is 1. The predicted molar refractivity (Wildman–Crippen MR) is 115 cm³/mol. The number of Topliss-reactive ketones (excluding diaryl/α,β-unsaturated/α-hetero) is 1. The maximum Gasteiger partial charge on any atom is 0.306 e. The van der Waals surface area contributed by atoms with Crippen LogP contribution in [-0.2, 0) is 9.59 Å². The molecule has 1 N–H and O–H groups in total. The minimum Gasteiger partial charge on any atom is -0.481 e. The van der Waals surface area contributed by atoms with Gasteiger partial charge in [0, 0.05) is 12.8 Å². The van der Waals surface area contributed by atoms with Crippen LogP contribution in [0.1, 0.15) is 136 Å². The first-order valence-corrected chi connectivity index (χ1v) is 11.9. The largest absolute Gasteiger partial charge is 0.481 e. The Hall–Kier alpha value is -0.860. The Morgan fingerprint density at radius 3 is 1.41 bits per heavy atom. The molecular weight excluding hydrogens is 336 g/mol. The lowest BCUT2D eigenvalue weighted by molar-refractivity contribution is -0.144. The zero-order chi connectivity index (χ0) is 20.2. The first-order valence-electron chi connectivity index (χ1n) is 11.9. The Labute approximate surface area is 168 Å². The van der Waals surface area contributed by atoms with Crippen LogP contribution in [0.25, 0.3) is 0 Å². The molecule has 0 rings (SSSR count). The molecule has 0 fully saturated rings. The Morgan fingerprint density at radius 2 is 1.04 bits per heavy atom. The van der Waals surface area contributed by atoms with Crippen molar-refractivity contribution in [1.82, 2.24) is 0 Å². The Morgan fingerprint density at radius 1 is 0.630 bits per heavy atom. The Kier molecular flexibility index (Phi) is 19.3. The smallest absolute Gasteiger partial charge is 0.306 e. The van der Waals surface area contributed by atoms with E-state index in [0.717, 1.165) is 19.3 Å². The molecule has 0 saturated heterocycles. The van der Waals surface area contributed by atoms with Gasteiger partial charge in [0.2, 0.25) is 0 Å². The summed E-state index contributed by atoms with van der Waals surface area (Å²) < 4.78 is 0. The summed E-state index contributed by atoms with van der Waals surface area (Å²) in [4.78, 5) is 23.0. The number of hydrogen-bond acceptors (Lipinski definition) is 2. The quantitative estimate of drug-likeness (QED) is 0.207. The fraction of sp³-hybridized carbons (Fsp3) is 0.917. The van der Waals surface area contributed by atoms with Gasteiger partial charge in [-0.2, -0.15) is 0 Å². The standard InChI is InChI=1S/C24H46O3/c1-3-5-6-7-8-9-10-11-12-13-14-15-16-17-18-20-23(25)21-22(19-4-2)24(26)27/h22H,3-21H2,1-2H3,(H,26,27). The van der Waals surface area contributed by atoms with Gasteiger partial charge in [0.1, 0.15) is 5.78 Å². The van der Waals surface area contributed by atoms with Crippen LogP contribution in [0.2, 0.25) is 0 Å². The molecule has 1 unspecified atom stereocenters. The van der Waals surface area contributed by atoms with E-state index in [0.29, 0.717) is 12.8 Å². The maximum absolute atomic E-state index is 11.9. The Balaban J connectivity index is 3.33. The van der Waals surface area contributed by atoms with Gasteiger partial charge in [0.15, 0.2) is 0 Å². The molecule has 3 heteroatoms. The monoisotopic (exact) mass is 382 g/mol. The van der Waals surface area contributed by atoms with E-state index in [-0.39, 0.29) is 12.2 Å². The number of unbranched alkanes of at least 4 members (excludes halogenated alkanes) is 14. The molecule has 0 aliphatic carbocycles. The first-order chi connectivity index (χ1) is 13.1. The highest BCUT2D eigenvalue weighted by atomic mass is 16.4. The van der Waals surface area contributed by atoms with Crippen LogP contribution in [0.4, 0.5) is 0 Å². The molecule has 0 saturated carbocycles. The van der Waals surface area contributed by atoms with Gasteiger partial charge in [-0.3, -0.25) is 9.59 Å². The van der Waals surface area contributed by atoms with E-state index in [4.69, 9.17) is 5.11 Å². The van der Waals surface area contributed by atoms with Crippen LogP contribution in [0.3, 0.4) is 0 Å². The average Bonchev–Trinajstić information content (AvgIpc) is 2.64. The number of carbonyl (C=O) groups excluding carboxylic acids is 1. The molecule has 0 aromatic rings. The van der Waals surface area contributed by atoms with Gasteiger partial charge >= 0.3 is 5.97 Å². The first kappa shape index (κ1) is 26.1. The third-order valence-electron chi connectivity index (χ3n) is 5.52. The highest BCUT2D eigenvalue weighted by Crippen LogP contribution is 2.16. The molecular formula is C24H46O3. The van der Waals surface area contributed by atoms with Crippen LogP contribution in [0.15, 0.2) is 0 Å². The zero-order valence-electron chi connectivity index (χ0n) is 18.3. The molecule has 0 bridgehead atoms. The number of aliphatic carboxylic acids is 1. The fourth-order valence-corrected chi connectivity index (χ4v) is 3.73. The van der Waals surface area contributed by atoms with E-state index in [1.165, 1.54) is 83.5 Å². The van der Waals surface area contributed by atoms with Crippen LogP contribution in [0.5, 0.6) is 0 Å². The van der Waals surface area contributed by atoms with Gasteiger partial charge in [-0.15, -0.1) is 0 Å². The van der Waals surface area contributed by atoms with Crippen molar-refractivity contribution in [3.63, 3.8) is 0 Å². The van der Waals surface area contributed by atoms with Crippen molar-refractivity contribution in [2.45, 2.75) is 136 Å². The van der Waals surface area contributed by atoms with Crippen molar-refractivity contribution < 1.29 is 14.7 Å². The van der Waals surface area contributed by atoms with Crippen molar-refractivity contribution in [1.29, 1.82) is 0 Å². The summed E-state index contributed by atoms with van der Waals surface area (Å²) in [7, 11) is 0. The minimum atomic E-state index is -0.818. The van der Waals surface area contributed by atoms with Crippen molar-refractivity contribution in [3.05, 3.63) is 0 Å². The summed E-state index contributed by atoms with van der Waals surface area (Å²) >= 11 is 0. The van der Waals surface area contributed by atoms with E-state index >= 15 is 0 Å². The number of carboxylic acids is 1. The molecule has 1 atom stereocenters. The third kappa shape index (κ3) is 18.3. The number of rotatable bonds is 21. The number of carboxylic acid groups (broad SMARTS) is 1. The lowest BCUT2D eigenvalue weighted by Crippen LogP contribution is -2.17. The number of hydrogen-bond donors (Lipinski definition) is 1. The lowest BCUT2D eigenvalue weighted by Gasteiger charge is -2.09. The SMILES string of the molecule is CCCCCCCCCCCCCCCCCC(=O)CC(CCC)C(=O)O. The van der Waals surface area contributed by atoms with E-state index in [1.54, 1.807) is 0 Å². The molecule has 0 aliphatic heterocycles. The maximum atomic E-state index is 11.9. The summed E-state index contributed by atoms with van der Waals surface area (Å²) in [5.41, 5.74) is 0. The second-order valence-electron chi connectivity index (χ2n) is 8.27. The van der Waals surface area contributed by atoms with Crippen LogP contribution < -0.4 is 0 Å². The van der Waals surface area contributed by atoms with E-state index in [2.05, 4.69) is 6.92 Å². The van der Waals surface area contributed by atoms with Gasteiger partial charge in [-0.25, -0.2) is 0 Å². The van der Waals surface area contributed by atoms with Crippen molar-refractivity contribution in [2.75, 3.05) is 0 Å². The average molecular weight is 383 g/mol. The molecule has 0 radical (unpaired) electrons. The molecule has 0 heterocycles. The third-order valence-corrected chi connectivity index (χ3v) is 5.52. The summed E-state index contributed by atoms with van der Waals surface area (Å²) in [5.74, 6) is -1.16. The summed E-state index contributed by atoms with van der Waals surface area (Å²) in [6.07, 6.45) is 22.0. The molecule has 0 aliphatic rings. The van der Waals surface area contributed by atoms with E-state index in [9.17, 15) is 9.59 Å². The molecule has 0 amide bonds. The fourth-order valence-electron chi connectivity index (χ4n) is 3.73. The van der Waals surface area contributed by atoms with Crippen molar-refractivity contribution in [2.24, 2.45) is 5.92 Å². The Bertz CT molecular complexity index is 352. The molecule has 0 spiro atoms. The zero-order valence-corrected chi connectivity index (χ0v) is 18.3. The lowest BCUT2D eigenvalue weighted by atomic mass is 9.95.